The van der Waals surface area contributed by atoms with Crippen LogP contribution in [0.25, 0.3) is 33.5 Å². The van der Waals surface area contributed by atoms with Crippen LogP contribution in [0.4, 0.5) is 24.5 Å². The summed E-state index contributed by atoms with van der Waals surface area (Å²) in [5.41, 5.74) is 5.84. The number of imidazole rings is 2. The van der Waals surface area contributed by atoms with Crippen molar-refractivity contribution in [3.8, 4) is 17.1 Å². The molecule has 0 aliphatic carbocycles. The van der Waals surface area contributed by atoms with E-state index in [0.717, 1.165) is 67.4 Å². The van der Waals surface area contributed by atoms with Crippen LogP contribution in [0.1, 0.15) is 19.7 Å². The minimum Gasteiger partial charge on any atom is -0.490 e. The van der Waals surface area contributed by atoms with Crippen molar-refractivity contribution < 1.29 is 17.9 Å². The maximum atomic E-state index is 13.1. The molecule has 1 fully saturated rings. The van der Waals surface area contributed by atoms with Crippen LogP contribution in [0.2, 0.25) is 0 Å². The first-order valence-electron chi connectivity index (χ1n) is 14.3. The largest absolute Gasteiger partial charge is 0.490 e. The Bertz CT molecular complexity index is 1650. The number of anilines is 2. The van der Waals surface area contributed by atoms with Gasteiger partial charge in [-0.15, -0.1) is 0 Å². The molecular formula is C31H34F3N7O. The van der Waals surface area contributed by atoms with Gasteiger partial charge in [-0.2, -0.15) is 13.2 Å². The predicted molar refractivity (Wildman–Crippen MR) is 160 cm³/mol. The van der Waals surface area contributed by atoms with Gasteiger partial charge in [0.15, 0.2) is 0 Å². The van der Waals surface area contributed by atoms with Crippen LogP contribution < -0.4 is 14.5 Å². The van der Waals surface area contributed by atoms with Crippen molar-refractivity contribution in [2.75, 3.05) is 62.2 Å². The summed E-state index contributed by atoms with van der Waals surface area (Å²) in [7, 11) is 0. The van der Waals surface area contributed by atoms with E-state index in [4.69, 9.17) is 9.72 Å². The molecule has 0 unspecified atom stereocenters. The van der Waals surface area contributed by atoms with Gasteiger partial charge >= 0.3 is 6.18 Å². The summed E-state index contributed by atoms with van der Waals surface area (Å²) in [6.45, 7) is 10.6. The third-order valence-electron chi connectivity index (χ3n) is 7.88. The van der Waals surface area contributed by atoms with E-state index in [-0.39, 0.29) is 5.52 Å². The minimum absolute atomic E-state index is 0.195. The third kappa shape index (κ3) is 5.61. The van der Waals surface area contributed by atoms with E-state index in [2.05, 4.69) is 86.0 Å². The second-order valence-corrected chi connectivity index (χ2v) is 10.4. The van der Waals surface area contributed by atoms with E-state index in [9.17, 15) is 13.2 Å². The van der Waals surface area contributed by atoms with Gasteiger partial charge in [-0.3, -0.25) is 4.90 Å². The van der Waals surface area contributed by atoms with Crippen molar-refractivity contribution in [2.45, 2.75) is 20.0 Å². The van der Waals surface area contributed by atoms with Gasteiger partial charge < -0.3 is 24.5 Å². The lowest BCUT2D eigenvalue weighted by molar-refractivity contribution is -0.144. The zero-order valence-electron chi connectivity index (χ0n) is 23.7. The van der Waals surface area contributed by atoms with E-state index < -0.39 is 12.0 Å². The fourth-order valence-corrected chi connectivity index (χ4v) is 5.58. The Balaban J connectivity index is 1.08. The van der Waals surface area contributed by atoms with Gasteiger partial charge in [0.2, 0.25) is 5.82 Å². The number of alkyl halides is 3. The number of rotatable bonds is 9. The number of nitrogens with one attached hydrogen (secondary N) is 2. The highest BCUT2D eigenvalue weighted by Gasteiger charge is 2.35. The highest BCUT2D eigenvalue weighted by Crippen LogP contribution is 2.32. The second-order valence-electron chi connectivity index (χ2n) is 10.4. The molecule has 3 aromatic carbocycles. The zero-order chi connectivity index (χ0) is 29.3. The third-order valence-corrected chi connectivity index (χ3v) is 7.88. The Morgan fingerprint density at radius 1 is 0.833 bits per heavy atom. The van der Waals surface area contributed by atoms with Gasteiger partial charge in [0, 0.05) is 57.1 Å². The van der Waals surface area contributed by atoms with Crippen molar-refractivity contribution in [3.05, 3.63) is 66.5 Å². The predicted octanol–water partition coefficient (Wildman–Crippen LogP) is 6.17. The van der Waals surface area contributed by atoms with E-state index >= 15 is 0 Å². The Kier molecular flexibility index (Phi) is 7.68. The van der Waals surface area contributed by atoms with Crippen molar-refractivity contribution in [3.63, 3.8) is 0 Å². The fourth-order valence-electron chi connectivity index (χ4n) is 5.58. The van der Waals surface area contributed by atoms with Crippen LogP contribution in [-0.4, -0.2) is 77.3 Å². The molecule has 0 saturated carbocycles. The first-order chi connectivity index (χ1) is 20.3. The molecule has 0 radical (unpaired) electrons. The first kappa shape index (κ1) is 27.9. The van der Waals surface area contributed by atoms with Crippen LogP contribution in [-0.2, 0) is 6.18 Å². The van der Waals surface area contributed by atoms with E-state index in [0.29, 0.717) is 24.4 Å². The summed E-state index contributed by atoms with van der Waals surface area (Å²) in [6, 6.07) is 19.7. The number of hydrogen-bond donors (Lipinski definition) is 2. The first-order valence-corrected chi connectivity index (χ1v) is 14.3. The lowest BCUT2D eigenvalue weighted by Gasteiger charge is -2.36. The van der Waals surface area contributed by atoms with Crippen LogP contribution in [0, 0.1) is 0 Å². The molecule has 0 bridgehead atoms. The number of ether oxygens (including phenoxy) is 1. The molecule has 0 atom stereocenters. The fraction of sp³-hybridized carbons (Fsp3) is 0.355. The normalized spacial score (nSPS) is 14.6. The van der Waals surface area contributed by atoms with E-state index in [1.54, 1.807) is 18.2 Å². The topological polar surface area (TPSA) is 76.3 Å². The van der Waals surface area contributed by atoms with Crippen LogP contribution in [0.3, 0.4) is 0 Å². The molecule has 220 valence electrons. The number of piperazine rings is 1. The Morgan fingerprint density at radius 2 is 1.52 bits per heavy atom. The number of fused-ring (bicyclic) bond motifs is 2. The molecule has 1 aliphatic heterocycles. The molecule has 8 nitrogen and oxygen atoms in total. The summed E-state index contributed by atoms with van der Waals surface area (Å²) in [5, 5.41) is 0. The Labute approximate surface area is 242 Å². The zero-order valence-corrected chi connectivity index (χ0v) is 23.7. The van der Waals surface area contributed by atoms with Crippen molar-refractivity contribution in [1.29, 1.82) is 0 Å². The minimum atomic E-state index is -4.53. The van der Waals surface area contributed by atoms with E-state index in [1.807, 2.05) is 0 Å². The number of nitrogens with zero attached hydrogens (tertiary/aromatic N) is 5. The maximum Gasteiger partial charge on any atom is 0.449 e. The molecule has 2 aromatic heterocycles. The van der Waals surface area contributed by atoms with Crippen molar-refractivity contribution in [1.82, 2.24) is 24.8 Å². The van der Waals surface area contributed by atoms with Crippen LogP contribution in [0.15, 0.2) is 60.7 Å². The van der Waals surface area contributed by atoms with Crippen LogP contribution in [0.5, 0.6) is 5.75 Å². The van der Waals surface area contributed by atoms with Crippen LogP contribution >= 0.6 is 0 Å². The van der Waals surface area contributed by atoms with Gasteiger partial charge in [0.25, 0.3) is 0 Å². The molecule has 0 amide bonds. The summed E-state index contributed by atoms with van der Waals surface area (Å²) in [4.78, 5) is 21.5. The Morgan fingerprint density at radius 3 is 2.21 bits per heavy atom. The quantitative estimate of drug-likeness (QED) is 0.218. The molecule has 3 heterocycles. The van der Waals surface area contributed by atoms with Gasteiger partial charge in [-0.1, -0.05) is 12.1 Å². The Hall–Kier alpha value is -4.25. The SMILES string of the molecule is CCN(CC)c1ccc(-c2nc3c(N4CCN(CCOc5cccc6[nH]c(C(F)(F)F)nc56)CC4)cccc3[nH]2)cc1. The lowest BCUT2D eigenvalue weighted by Crippen LogP contribution is -2.47. The molecule has 1 saturated heterocycles. The highest BCUT2D eigenvalue weighted by molar-refractivity contribution is 5.91. The molecule has 2 N–H and O–H groups in total. The number of benzene rings is 3. The van der Waals surface area contributed by atoms with Crippen molar-refractivity contribution in [2.24, 2.45) is 0 Å². The van der Waals surface area contributed by atoms with Crippen molar-refractivity contribution >= 4 is 33.4 Å². The molecule has 1 aliphatic rings. The molecule has 11 heteroatoms. The van der Waals surface area contributed by atoms with E-state index in [1.165, 1.54) is 5.69 Å². The van der Waals surface area contributed by atoms with Gasteiger partial charge in [-0.05, 0) is 62.4 Å². The molecule has 42 heavy (non-hydrogen) atoms. The van der Waals surface area contributed by atoms with Gasteiger partial charge in [-0.25, -0.2) is 9.97 Å². The average Bonchev–Trinajstić information content (AvgIpc) is 3.64. The van der Waals surface area contributed by atoms with Gasteiger partial charge in [0.05, 0.1) is 16.7 Å². The number of halogens is 3. The number of aromatic amines is 2. The lowest BCUT2D eigenvalue weighted by atomic mass is 10.2. The maximum absolute atomic E-state index is 13.1. The molecule has 6 rings (SSSR count). The summed E-state index contributed by atoms with van der Waals surface area (Å²) >= 11 is 0. The monoisotopic (exact) mass is 577 g/mol. The molecule has 5 aromatic rings. The number of para-hydroxylation sites is 2. The number of H-pyrrole nitrogens is 2. The molecular weight excluding hydrogens is 543 g/mol. The molecule has 0 spiro atoms. The standard InChI is InChI=1S/C31H34F3N7O/c1-3-40(4-2)22-13-11-21(12-14-22)29-35-23-7-5-9-25(27(23)37-29)41-17-15-39(16-18-41)19-20-42-26-10-6-8-24-28(26)38-30(36-24)31(32,33)34/h5-14H,3-4,15-20H2,1-2H3,(H,35,37)(H,36,38). The highest BCUT2D eigenvalue weighted by atomic mass is 19.4. The number of hydrogen-bond acceptors (Lipinski definition) is 6. The summed E-state index contributed by atoms with van der Waals surface area (Å²) in [5.74, 6) is 0.187. The van der Waals surface area contributed by atoms with Gasteiger partial charge in [0.1, 0.15) is 29.2 Å². The number of aromatic nitrogens is 4. The summed E-state index contributed by atoms with van der Waals surface area (Å²) < 4.78 is 45.1. The summed E-state index contributed by atoms with van der Waals surface area (Å²) in [6.07, 6.45) is -4.53. The average molecular weight is 578 g/mol. The smallest absolute Gasteiger partial charge is 0.449 e. The second kappa shape index (κ2) is 11.6.